The Kier molecular flexibility index (Phi) is 3.80. The Bertz CT molecular complexity index is 941. The van der Waals surface area contributed by atoms with Gasteiger partial charge in [-0.1, -0.05) is 29.3 Å². The van der Waals surface area contributed by atoms with Gasteiger partial charge in [0.2, 0.25) is 5.88 Å². The minimum atomic E-state index is -0.727. The number of hydrogen-bond donors (Lipinski definition) is 1. The average Bonchev–Trinajstić information content (AvgIpc) is 2.48. The first-order valence-electron chi connectivity index (χ1n) is 6.59. The molecule has 2 aromatic rings. The van der Waals surface area contributed by atoms with Crippen molar-refractivity contribution < 1.29 is 9.15 Å². The highest BCUT2D eigenvalue weighted by Crippen LogP contribution is 2.41. The maximum atomic E-state index is 12.3. The van der Waals surface area contributed by atoms with Gasteiger partial charge in [-0.15, -0.1) is 0 Å². The zero-order chi connectivity index (χ0) is 16.7. The molecule has 0 aliphatic carbocycles. The van der Waals surface area contributed by atoms with Crippen LogP contribution in [0.25, 0.3) is 0 Å². The van der Waals surface area contributed by atoms with Crippen LogP contribution < -0.4 is 16.1 Å². The molecule has 2 heterocycles. The van der Waals surface area contributed by atoms with Crippen LogP contribution in [0.15, 0.2) is 44.9 Å². The molecule has 1 aliphatic heterocycles. The molecule has 1 aromatic carbocycles. The van der Waals surface area contributed by atoms with Crippen LogP contribution in [0, 0.1) is 18.3 Å². The van der Waals surface area contributed by atoms with Crippen LogP contribution in [-0.2, 0) is 0 Å². The number of nitrogens with two attached hydrogens (primary N) is 1. The van der Waals surface area contributed by atoms with Gasteiger partial charge in [-0.2, -0.15) is 5.26 Å². The summed E-state index contributed by atoms with van der Waals surface area (Å²) in [5.41, 5.74) is 6.18. The number of fused-ring (bicyclic) bond motifs is 1. The van der Waals surface area contributed by atoms with Gasteiger partial charge in [0.15, 0.2) is 0 Å². The quantitative estimate of drug-likeness (QED) is 0.851. The van der Waals surface area contributed by atoms with E-state index in [1.807, 2.05) is 6.07 Å². The number of aryl methyl sites for hydroxylation is 1. The normalized spacial score (nSPS) is 16.5. The summed E-state index contributed by atoms with van der Waals surface area (Å²) in [7, 11) is 0. The molecule has 0 amide bonds. The summed E-state index contributed by atoms with van der Waals surface area (Å²) in [6.45, 7) is 1.62. The van der Waals surface area contributed by atoms with Crippen LogP contribution in [0.5, 0.6) is 5.75 Å². The number of benzene rings is 1. The third kappa shape index (κ3) is 2.56. The molecule has 116 valence electrons. The number of nitrogens with zero attached hydrogens (tertiary/aromatic N) is 1. The molecule has 1 aromatic heterocycles. The summed E-state index contributed by atoms with van der Waals surface area (Å²) < 4.78 is 10.6. The van der Waals surface area contributed by atoms with Gasteiger partial charge in [-0.3, -0.25) is 0 Å². The van der Waals surface area contributed by atoms with Gasteiger partial charge in [-0.25, -0.2) is 4.79 Å². The van der Waals surface area contributed by atoms with E-state index in [1.165, 1.54) is 0 Å². The maximum Gasteiger partial charge on any atom is 0.343 e. The molecule has 0 radical (unpaired) electrons. The van der Waals surface area contributed by atoms with Gasteiger partial charge in [0, 0.05) is 6.07 Å². The molecule has 0 saturated carbocycles. The van der Waals surface area contributed by atoms with Crippen LogP contribution in [-0.4, -0.2) is 0 Å². The Morgan fingerprint density at radius 2 is 2.00 bits per heavy atom. The summed E-state index contributed by atoms with van der Waals surface area (Å²) >= 11 is 12.0. The predicted octanol–water partition coefficient (Wildman–Crippen LogP) is 3.47. The smallest absolute Gasteiger partial charge is 0.343 e. The lowest BCUT2D eigenvalue weighted by atomic mass is 9.84. The van der Waals surface area contributed by atoms with E-state index in [4.69, 9.17) is 38.1 Å². The Balaban J connectivity index is 2.31. The summed E-state index contributed by atoms with van der Waals surface area (Å²) in [5.74, 6) is -0.127. The van der Waals surface area contributed by atoms with Gasteiger partial charge in [-0.05, 0) is 24.6 Å². The number of allylic oxidation sites excluding steroid dienone is 1. The van der Waals surface area contributed by atoms with Crippen molar-refractivity contribution in [2.75, 3.05) is 0 Å². The van der Waals surface area contributed by atoms with Crippen LogP contribution in [0.4, 0.5) is 0 Å². The average molecular weight is 349 g/mol. The minimum absolute atomic E-state index is 0.0546. The Hall–Kier alpha value is -2.42. The van der Waals surface area contributed by atoms with E-state index in [1.54, 1.807) is 31.2 Å². The van der Waals surface area contributed by atoms with E-state index in [0.29, 0.717) is 21.4 Å². The standard InChI is InChI=1S/C16H10Cl2N2O3/c1-7-4-12-14(16(21)22-7)13(9(6-19)15(20)23-12)8-2-3-10(17)11(18)5-8/h2-5,13H,20H2,1H3/t13-/m1/s1. The van der Waals surface area contributed by atoms with E-state index < -0.39 is 11.5 Å². The van der Waals surface area contributed by atoms with Crippen molar-refractivity contribution in [1.29, 1.82) is 5.26 Å². The van der Waals surface area contributed by atoms with Crippen LogP contribution in [0.1, 0.15) is 22.8 Å². The Morgan fingerprint density at radius 3 is 2.65 bits per heavy atom. The first-order chi connectivity index (χ1) is 10.9. The van der Waals surface area contributed by atoms with Crippen molar-refractivity contribution in [1.82, 2.24) is 0 Å². The molecule has 0 bridgehead atoms. The van der Waals surface area contributed by atoms with E-state index in [2.05, 4.69) is 0 Å². The molecule has 0 saturated heterocycles. The fraction of sp³-hybridized carbons (Fsp3) is 0.125. The van der Waals surface area contributed by atoms with Crippen LogP contribution in [0.3, 0.4) is 0 Å². The van der Waals surface area contributed by atoms with Crippen molar-refractivity contribution in [2.24, 2.45) is 5.73 Å². The molecule has 7 heteroatoms. The highest BCUT2D eigenvalue weighted by Gasteiger charge is 2.34. The second-order valence-electron chi connectivity index (χ2n) is 5.02. The van der Waals surface area contributed by atoms with Crippen LogP contribution in [0.2, 0.25) is 10.0 Å². The Labute approximate surface area is 141 Å². The third-order valence-electron chi connectivity index (χ3n) is 3.53. The molecular formula is C16H10Cl2N2O3. The first kappa shape index (κ1) is 15.5. The monoisotopic (exact) mass is 348 g/mol. The fourth-order valence-electron chi connectivity index (χ4n) is 2.54. The second-order valence-corrected chi connectivity index (χ2v) is 5.84. The lowest BCUT2D eigenvalue weighted by Gasteiger charge is -2.25. The predicted molar refractivity (Wildman–Crippen MR) is 85.5 cm³/mol. The highest BCUT2D eigenvalue weighted by atomic mass is 35.5. The molecular weight excluding hydrogens is 339 g/mol. The summed E-state index contributed by atoms with van der Waals surface area (Å²) in [5, 5.41) is 10.1. The van der Waals surface area contributed by atoms with Crippen molar-refractivity contribution in [3.05, 3.63) is 73.1 Å². The van der Waals surface area contributed by atoms with Gasteiger partial charge >= 0.3 is 5.63 Å². The molecule has 2 N–H and O–H groups in total. The number of halogens is 2. The van der Waals surface area contributed by atoms with E-state index in [0.717, 1.165) is 0 Å². The minimum Gasteiger partial charge on any atom is -0.440 e. The number of nitriles is 1. The first-order valence-corrected chi connectivity index (χ1v) is 7.35. The van der Waals surface area contributed by atoms with E-state index in [-0.39, 0.29) is 22.8 Å². The lowest BCUT2D eigenvalue weighted by Crippen LogP contribution is -2.26. The number of rotatable bonds is 1. The van der Waals surface area contributed by atoms with Crippen molar-refractivity contribution >= 4 is 23.2 Å². The molecule has 0 unspecified atom stereocenters. The molecule has 0 spiro atoms. The third-order valence-corrected chi connectivity index (χ3v) is 4.27. The van der Waals surface area contributed by atoms with Crippen molar-refractivity contribution in [2.45, 2.75) is 12.8 Å². The molecule has 1 atom stereocenters. The second kappa shape index (κ2) is 5.65. The maximum absolute atomic E-state index is 12.3. The van der Waals surface area contributed by atoms with E-state index >= 15 is 0 Å². The van der Waals surface area contributed by atoms with Gasteiger partial charge < -0.3 is 14.9 Å². The SMILES string of the molecule is Cc1cc2c(c(=O)o1)[C@H](c1ccc(Cl)c(Cl)c1)C(C#N)=C(N)O2. The van der Waals surface area contributed by atoms with Gasteiger partial charge in [0.25, 0.3) is 0 Å². The fourth-order valence-corrected chi connectivity index (χ4v) is 2.85. The zero-order valence-electron chi connectivity index (χ0n) is 11.9. The zero-order valence-corrected chi connectivity index (χ0v) is 13.4. The molecule has 23 heavy (non-hydrogen) atoms. The van der Waals surface area contributed by atoms with Crippen molar-refractivity contribution in [3.63, 3.8) is 0 Å². The topological polar surface area (TPSA) is 89.2 Å². The molecule has 0 fully saturated rings. The van der Waals surface area contributed by atoms with Crippen molar-refractivity contribution in [3.8, 4) is 11.8 Å². The Morgan fingerprint density at radius 1 is 1.26 bits per heavy atom. The summed E-state index contributed by atoms with van der Waals surface area (Å²) in [6.07, 6.45) is 0. The van der Waals surface area contributed by atoms with Crippen LogP contribution >= 0.6 is 23.2 Å². The molecule has 5 nitrogen and oxygen atoms in total. The van der Waals surface area contributed by atoms with Gasteiger partial charge in [0.05, 0.1) is 21.5 Å². The summed E-state index contributed by atoms with van der Waals surface area (Å²) in [6, 6.07) is 8.41. The lowest BCUT2D eigenvalue weighted by molar-refractivity contribution is 0.371. The van der Waals surface area contributed by atoms with Gasteiger partial charge in [0.1, 0.15) is 23.2 Å². The summed E-state index contributed by atoms with van der Waals surface area (Å²) in [4.78, 5) is 12.3. The number of ether oxygens (including phenoxy) is 1. The largest absolute Gasteiger partial charge is 0.440 e. The number of hydrogen-bond acceptors (Lipinski definition) is 5. The highest BCUT2D eigenvalue weighted by molar-refractivity contribution is 6.42. The molecule has 3 rings (SSSR count). The van der Waals surface area contributed by atoms with E-state index in [9.17, 15) is 10.1 Å². The molecule has 1 aliphatic rings.